The van der Waals surface area contributed by atoms with E-state index in [1.54, 1.807) is 29.2 Å². The van der Waals surface area contributed by atoms with Gasteiger partial charge in [-0.15, -0.1) is 0 Å². The summed E-state index contributed by atoms with van der Waals surface area (Å²) >= 11 is 0. The van der Waals surface area contributed by atoms with Gasteiger partial charge in [0.15, 0.2) is 0 Å². The molecule has 0 aromatic heterocycles. The van der Waals surface area contributed by atoms with Gasteiger partial charge in [-0.3, -0.25) is 24.1 Å². The largest absolute Gasteiger partial charge is 0.426 e. The molecule has 7 nitrogen and oxygen atoms in total. The number of rotatable bonds is 4. The summed E-state index contributed by atoms with van der Waals surface area (Å²) in [4.78, 5) is 55.6. The quantitative estimate of drug-likeness (QED) is 0.222. The maximum absolute atomic E-state index is 13.4. The molecule has 39 heavy (non-hydrogen) atoms. The van der Waals surface area contributed by atoms with Crippen molar-refractivity contribution in [2.75, 3.05) is 16.3 Å². The first-order chi connectivity index (χ1) is 19.0. The number of imide groups is 1. The Kier molecular flexibility index (Phi) is 4.73. The van der Waals surface area contributed by atoms with Crippen LogP contribution in [-0.2, 0) is 19.2 Å². The van der Waals surface area contributed by atoms with Crippen LogP contribution in [0.25, 0.3) is 10.8 Å². The molecule has 7 heteroatoms. The number of hydrogen-bond donors (Lipinski definition) is 0. The van der Waals surface area contributed by atoms with Gasteiger partial charge in [-0.25, -0.2) is 0 Å². The number of hydrogen-bond acceptors (Lipinski definition) is 5. The van der Waals surface area contributed by atoms with E-state index in [1.165, 1.54) is 4.90 Å². The number of carbonyl (C=O) groups excluding carboxylic acids is 4. The summed E-state index contributed by atoms with van der Waals surface area (Å²) in [6.45, 7) is 0.252. The smallest absolute Gasteiger partial charge is 0.316 e. The lowest BCUT2D eigenvalue weighted by molar-refractivity contribution is -0.139. The number of allylic oxidation sites excluding steroid dienone is 2. The van der Waals surface area contributed by atoms with Gasteiger partial charge in [0.1, 0.15) is 5.75 Å². The fourth-order valence-electron chi connectivity index (χ4n) is 7.62. The molecule has 2 heterocycles. The van der Waals surface area contributed by atoms with Gasteiger partial charge in [-0.05, 0) is 65.8 Å². The molecule has 2 aliphatic heterocycles. The SMILES string of the molecule is O=C(Oc1ccc(N2C(=O)[C@@H]3[C@H]4C=C[C@@H]([C@@H]5C[C@H]45)[C@H]3C2=O)cc1)[C@@H]1CC(=O)N(c2cccc3ccccc23)C1. The lowest BCUT2D eigenvalue weighted by Gasteiger charge is -2.37. The first-order valence-corrected chi connectivity index (χ1v) is 13.7. The number of ether oxygens (including phenoxy) is 1. The van der Waals surface area contributed by atoms with Crippen LogP contribution in [0.1, 0.15) is 12.8 Å². The van der Waals surface area contributed by atoms with Crippen LogP contribution in [0.3, 0.4) is 0 Å². The zero-order chi connectivity index (χ0) is 26.4. The first kappa shape index (κ1) is 22.7. The van der Waals surface area contributed by atoms with Crippen molar-refractivity contribution in [1.82, 2.24) is 0 Å². The van der Waals surface area contributed by atoms with E-state index in [0.29, 0.717) is 23.3 Å². The Hall–Kier alpha value is -4.26. The molecule has 0 radical (unpaired) electrons. The summed E-state index contributed by atoms with van der Waals surface area (Å²) in [5.74, 6) is -0.125. The van der Waals surface area contributed by atoms with E-state index in [2.05, 4.69) is 12.2 Å². The van der Waals surface area contributed by atoms with Crippen molar-refractivity contribution in [3.8, 4) is 5.75 Å². The van der Waals surface area contributed by atoms with Crippen molar-refractivity contribution in [3.05, 3.63) is 78.9 Å². The van der Waals surface area contributed by atoms with Crippen LogP contribution >= 0.6 is 0 Å². The minimum atomic E-state index is -0.588. The van der Waals surface area contributed by atoms with Crippen molar-refractivity contribution in [1.29, 1.82) is 0 Å². The van der Waals surface area contributed by atoms with Gasteiger partial charge in [0.2, 0.25) is 17.7 Å². The Morgan fingerprint density at radius 3 is 2.18 bits per heavy atom. The summed E-state index contributed by atoms with van der Waals surface area (Å²) < 4.78 is 5.63. The molecule has 3 amide bonds. The predicted molar refractivity (Wildman–Crippen MR) is 144 cm³/mol. The Balaban J connectivity index is 0.969. The topological polar surface area (TPSA) is 84.0 Å². The fourth-order valence-corrected chi connectivity index (χ4v) is 7.62. The first-order valence-electron chi connectivity index (χ1n) is 13.7. The number of anilines is 2. The van der Waals surface area contributed by atoms with E-state index >= 15 is 0 Å². The molecule has 7 atom stereocenters. The highest BCUT2D eigenvalue weighted by Crippen LogP contribution is 2.65. The van der Waals surface area contributed by atoms with E-state index in [0.717, 1.165) is 22.9 Å². The summed E-state index contributed by atoms with van der Waals surface area (Å²) in [6.07, 6.45) is 5.53. The maximum atomic E-state index is 13.4. The number of carbonyl (C=O) groups is 4. The molecule has 0 N–H and O–H groups in total. The predicted octanol–water partition coefficient (Wildman–Crippen LogP) is 4.36. The summed E-state index contributed by atoms with van der Waals surface area (Å²) in [5.41, 5.74) is 1.30. The van der Waals surface area contributed by atoms with E-state index in [9.17, 15) is 19.2 Å². The monoisotopic (exact) mass is 518 g/mol. The highest BCUT2D eigenvalue weighted by Gasteiger charge is 2.67. The average Bonchev–Trinajstić information content (AvgIpc) is 3.64. The molecular formula is C32H26N2O5. The second kappa shape index (κ2) is 8.12. The molecular weight excluding hydrogens is 492 g/mol. The standard InChI is InChI=1S/C32H26N2O5/c35-27-14-18(16-33(27)26-7-3-5-17-4-1-2-6-21(17)26)32(38)39-20-10-8-19(9-11-20)34-30(36)28-22-12-13-23(25-15-24(22)25)29(28)31(34)37/h1-13,18,22-25,28-29H,14-16H2/t18-,22+,23+,24-,25+,28-,29-/m1/s1. The average molecular weight is 519 g/mol. The second-order valence-electron chi connectivity index (χ2n) is 11.5. The number of fused-ring (bicyclic) bond motifs is 1. The zero-order valence-corrected chi connectivity index (χ0v) is 21.1. The van der Waals surface area contributed by atoms with E-state index in [1.807, 2.05) is 42.5 Å². The van der Waals surface area contributed by atoms with Crippen LogP contribution in [0, 0.1) is 41.4 Å². The van der Waals surface area contributed by atoms with Gasteiger partial charge in [0.05, 0.1) is 29.1 Å². The molecule has 3 aromatic rings. The highest BCUT2D eigenvalue weighted by molar-refractivity contribution is 6.22. The Morgan fingerprint density at radius 2 is 1.46 bits per heavy atom. The number of nitrogens with zero attached hydrogens (tertiary/aromatic N) is 2. The van der Waals surface area contributed by atoms with Gasteiger partial charge in [-0.1, -0.05) is 48.6 Å². The summed E-state index contributed by atoms with van der Waals surface area (Å²) in [5, 5.41) is 1.99. The third-order valence-electron chi connectivity index (χ3n) is 9.49. The molecule has 6 aliphatic rings. The third-order valence-corrected chi connectivity index (χ3v) is 9.49. The number of esters is 1. The van der Waals surface area contributed by atoms with Crippen LogP contribution in [0.5, 0.6) is 5.75 Å². The van der Waals surface area contributed by atoms with Gasteiger partial charge in [0, 0.05) is 18.4 Å². The minimum Gasteiger partial charge on any atom is -0.426 e. The maximum Gasteiger partial charge on any atom is 0.316 e. The van der Waals surface area contributed by atoms with Gasteiger partial charge >= 0.3 is 5.97 Å². The highest BCUT2D eigenvalue weighted by atomic mass is 16.5. The molecule has 194 valence electrons. The lowest BCUT2D eigenvalue weighted by Crippen LogP contribution is -2.40. The van der Waals surface area contributed by atoms with Crippen LogP contribution in [0.15, 0.2) is 78.9 Å². The summed E-state index contributed by atoms with van der Waals surface area (Å²) in [7, 11) is 0. The lowest BCUT2D eigenvalue weighted by atomic mass is 9.63. The molecule has 2 saturated carbocycles. The molecule has 2 saturated heterocycles. The number of amides is 3. The zero-order valence-electron chi connectivity index (χ0n) is 21.1. The van der Waals surface area contributed by atoms with Crippen LogP contribution in [-0.4, -0.2) is 30.2 Å². The second-order valence-corrected chi connectivity index (χ2v) is 11.5. The van der Waals surface area contributed by atoms with E-state index in [-0.39, 0.29) is 54.4 Å². The Labute approximate surface area is 225 Å². The van der Waals surface area contributed by atoms with Crippen molar-refractivity contribution in [3.63, 3.8) is 0 Å². The third kappa shape index (κ3) is 3.28. The van der Waals surface area contributed by atoms with Crippen molar-refractivity contribution in [2.45, 2.75) is 12.8 Å². The fraction of sp³-hybridized carbons (Fsp3) is 0.312. The molecule has 0 spiro atoms. The van der Waals surface area contributed by atoms with E-state index < -0.39 is 11.9 Å². The molecule has 9 rings (SSSR count). The van der Waals surface area contributed by atoms with E-state index in [4.69, 9.17) is 4.74 Å². The van der Waals surface area contributed by atoms with Gasteiger partial charge in [-0.2, -0.15) is 0 Å². The molecule has 2 bridgehead atoms. The molecule has 4 aliphatic carbocycles. The normalized spacial score (nSPS) is 32.1. The van der Waals surface area contributed by atoms with Gasteiger partial charge < -0.3 is 9.64 Å². The van der Waals surface area contributed by atoms with Crippen LogP contribution < -0.4 is 14.5 Å². The molecule has 3 aromatic carbocycles. The Bertz CT molecular complexity index is 1570. The molecule has 0 unspecified atom stereocenters. The summed E-state index contributed by atoms with van der Waals surface area (Å²) in [6, 6.07) is 20.2. The van der Waals surface area contributed by atoms with Crippen LogP contribution in [0.2, 0.25) is 0 Å². The number of benzene rings is 3. The molecule has 4 fully saturated rings. The Morgan fingerprint density at radius 1 is 0.795 bits per heavy atom. The van der Waals surface area contributed by atoms with Crippen molar-refractivity contribution >= 4 is 45.8 Å². The van der Waals surface area contributed by atoms with Crippen LogP contribution in [0.4, 0.5) is 11.4 Å². The minimum absolute atomic E-state index is 0.0814. The van der Waals surface area contributed by atoms with Crippen molar-refractivity contribution < 1.29 is 23.9 Å². The van der Waals surface area contributed by atoms with Gasteiger partial charge in [0.25, 0.3) is 0 Å². The van der Waals surface area contributed by atoms with Crippen molar-refractivity contribution in [2.24, 2.45) is 41.4 Å².